The van der Waals surface area contributed by atoms with Gasteiger partial charge in [0.15, 0.2) is 0 Å². The van der Waals surface area contributed by atoms with Crippen molar-refractivity contribution in [2.24, 2.45) is 0 Å². The summed E-state index contributed by atoms with van der Waals surface area (Å²) in [4.78, 5) is 0. The maximum atomic E-state index is 5.92. The first-order valence-corrected chi connectivity index (χ1v) is 7.24. The van der Waals surface area contributed by atoms with Crippen molar-refractivity contribution in [2.75, 3.05) is 14.2 Å². The summed E-state index contributed by atoms with van der Waals surface area (Å²) in [5, 5.41) is 0. The summed E-state index contributed by atoms with van der Waals surface area (Å²) in [6, 6.07) is 11.1. The summed E-state index contributed by atoms with van der Waals surface area (Å²) >= 11 is 9.35. The number of alkyl halides is 1. The van der Waals surface area contributed by atoms with Gasteiger partial charge in [0.2, 0.25) is 0 Å². The maximum absolute atomic E-state index is 5.92. The van der Waals surface area contributed by atoms with Crippen LogP contribution in [-0.2, 0) is 5.88 Å². The number of hydrogen-bond acceptors (Lipinski definition) is 3. The van der Waals surface area contributed by atoms with E-state index in [1.54, 1.807) is 32.4 Å². The Hall–Kier alpha value is -1.39. The van der Waals surface area contributed by atoms with E-state index in [2.05, 4.69) is 15.9 Å². The topological polar surface area (TPSA) is 27.7 Å². The van der Waals surface area contributed by atoms with Gasteiger partial charge in [0.05, 0.1) is 20.1 Å². The maximum Gasteiger partial charge on any atom is 0.134 e. The molecule has 2 aromatic carbocycles. The molecule has 0 radical (unpaired) electrons. The normalized spacial score (nSPS) is 10.2. The number of methoxy groups -OCH3 is 2. The Morgan fingerprint density at radius 3 is 2.10 bits per heavy atom. The predicted molar refractivity (Wildman–Crippen MR) is 83.3 cm³/mol. The molecule has 0 saturated carbocycles. The molecular formula is C15H14BrClO3. The second kappa shape index (κ2) is 6.86. The van der Waals surface area contributed by atoms with Gasteiger partial charge in [-0.3, -0.25) is 0 Å². The van der Waals surface area contributed by atoms with E-state index in [1.807, 2.05) is 18.2 Å². The largest absolute Gasteiger partial charge is 0.496 e. The molecule has 20 heavy (non-hydrogen) atoms. The highest BCUT2D eigenvalue weighted by atomic mass is 79.9. The van der Waals surface area contributed by atoms with Crippen LogP contribution in [0.5, 0.6) is 23.0 Å². The number of benzene rings is 2. The van der Waals surface area contributed by atoms with Crippen molar-refractivity contribution < 1.29 is 14.2 Å². The summed E-state index contributed by atoms with van der Waals surface area (Å²) in [6.07, 6.45) is 0. The molecule has 0 aliphatic rings. The Morgan fingerprint density at radius 1 is 0.950 bits per heavy atom. The lowest BCUT2D eigenvalue weighted by Gasteiger charge is -2.12. The fraction of sp³-hybridized carbons (Fsp3) is 0.200. The van der Waals surface area contributed by atoms with Crippen LogP contribution in [0, 0.1) is 0 Å². The minimum Gasteiger partial charge on any atom is -0.496 e. The minimum atomic E-state index is 0.379. The average molecular weight is 358 g/mol. The van der Waals surface area contributed by atoms with E-state index in [9.17, 15) is 0 Å². The fourth-order valence-electron chi connectivity index (χ4n) is 1.70. The second-order valence-electron chi connectivity index (χ2n) is 4.04. The van der Waals surface area contributed by atoms with Crippen molar-refractivity contribution in [3.8, 4) is 23.0 Å². The first-order valence-electron chi connectivity index (χ1n) is 5.91. The monoisotopic (exact) mass is 356 g/mol. The SMILES string of the molecule is COc1cc(OC)cc(Oc2cc(Br)ccc2CCl)c1. The van der Waals surface area contributed by atoms with E-state index in [1.165, 1.54) is 0 Å². The molecule has 0 aromatic heterocycles. The third kappa shape index (κ3) is 3.58. The van der Waals surface area contributed by atoms with Crippen LogP contribution in [0.1, 0.15) is 5.56 Å². The molecule has 0 amide bonds. The Labute approximate surface area is 131 Å². The molecule has 0 bridgehead atoms. The van der Waals surface area contributed by atoms with Crippen LogP contribution in [0.4, 0.5) is 0 Å². The summed E-state index contributed by atoms with van der Waals surface area (Å²) in [5.74, 6) is 3.04. The Balaban J connectivity index is 2.36. The Bertz CT molecular complexity index is 579. The quantitative estimate of drug-likeness (QED) is 0.705. The van der Waals surface area contributed by atoms with Crippen molar-refractivity contribution in [3.05, 3.63) is 46.4 Å². The van der Waals surface area contributed by atoms with Crippen molar-refractivity contribution in [2.45, 2.75) is 5.88 Å². The van der Waals surface area contributed by atoms with Crippen LogP contribution in [0.25, 0.3) is 0 Å². The van der Waals surface area contributed by atoms with E-state index in [4.69, 9.17) is 25.8 Å². The van der Waals surface area contributed by atoms with Gasteiger partial charge in [-0.1, -0.05) is 22.0 Å². The van der Waals surface area contributed by atoms with Gasteiger partial charge in [0.25, 0.3) is 0 Å². The lowest BCUT2D eigenvalue weighted by molar-refractivity contribution is 0.386. The Morgan fingerprint density at radius 2 is 1.55 bits per heavy atom. The molecule has 2 aromatic rings. The van der Waals surface area contributed by atoms with E-state index in [0.717, 1.165) is 10.0 Å². The number of ether oxygens (including phenoxy) is 3. The van der Waals surface area contributed by atoms with E-state index >= 15 is 0 Å². The summed E-state index contributed by atoms with van der Waals surface area (Å²) in [6.45, 7) is 0. The first-order chi connectivity index (χ1) is 9.66. The molecule has 0 aliphatic heterocycles. The van der Waals surface area contributed by atoms with Gasteiger partial charge in [-0.05, 0) is 12.1 Å². The van der Waals surface area contributed by atoms with Gasteiger partial charge in [-0.25, -0.2) is 0 Å². The highest BCUT2D eigenvalue weighted by Gasteiger charge is 2.08. The summed E-state index contributed by atoms with van der Waals surface area (Å²) in [7, 11) is 3.20. The highest BCUT2D eigenvalue weighted by Crippen LogP contribution is 2.34. The zero-order valence-electron chi connectivity index (χ0n) is 11.2. The zero-order chi connectivity index (χ0) is 14.5. The number of rotatable bonds is 5. The number of halogens is 2. The summed E-state index contributed by atoms with van der Waals surface area (Å²) in [5.41, 5.74) is 0.914. The molecule has 0 fully saturated rings. The third-order valence-electron chi connectivity index (χ3n) is 2.73. The third-order valence-corrected chi connectivity index (χ3v) is 3.51. The van der Waals surface area contributed by atoms with Gasteiger partial charge in [0.1, 0.15) is 23.0 Å². The highest BCUT2D eigenvalue weighted by molar-refractivity contribution is 9.10. The molecule has 0 aliphatic carbocycles. The molecule has 0 unspecified atom stereocenters. The lowest BCUT2D eigenvalue weighted by Crippen LogP contribution is -1.92. The molecule has 0 saturated heterocycles. The minimum absolute atomic E-state index is 0.379. The lowest BCUT2D eigenvalue weighted by atomic mass is 10.2. The molecule has 0 N–H and O–H groups in total. The van der Waals surface area contributed by atoms with Crippen molar-refractivity contribution in [1.82, 2.24) is 0 Å². The van der Waals surface area contributed by atoms with Crippen LogP contribution < -0.4 is 14.2 Å². The summed E-state index contributed by atoms with van der Waals surface area (Å²) < 4.78 is 17.3. The van der Waals surface area contributed by atoms with Gasteiger partial charge < -0.3 is 14.2 Å². The zero-order valence-corrected chi connectivity index (χ0v) is 13.5. The van der Waals surface area contributed by atoms with Gasteiger partial charge in [-0.15, -0.1) is 11.6 Å². The van der Waals surface area contributed by atoms with Crippen LogP contribution >= 0.6 is 27.5 Å². The molecule has 0 atom stereocenters. The van der Waals surface area contributed by atoms with Crippen LogP contribution in [0.3, 0.4) is 0 Å². The molecule has 5 heteroatoms. The average Bonchev–Trinajstić information content (AvgIpc) is 2.47. The van der Waals surface area contributed by atoms with E-state index < -0.39 is 0 Å². The molecule has 0 spiro atoms. The van der Waals surface area contributed by atoms with E-state index in [-0.39, 0.29) is 0 Å². The van der Waals surface area contributed by atoms with Crippen molar-refractivity contribution in [3.63, 3.8) is 0 Å². The van der Waals surface area contributed by atoms with Crippen LogP contribution in [0.2, 0.25) is 0 Å². The predicted octanol–water partition coefficient (Wildman–Crippen LogP) is 5.00. The Kier molecular flexibility index (Phi) is 5.15. The molecular weight excluding hydrogens is 344 g/mol. The second-order valence-corrected chi connectivity index (χ2v) is 5.22. The van der Waals surface area contributed by atoms with Gasteiger partial charge in [0, 0.05) is 28.2 Å². The van der Waals surface area contributed by atoms with Crippen LogP contribution in [-0.4, -0.2) is 14.2 Å². The van der Waals surface area contributed by atoms with E-state index in [0.29, 0.717) is 28.9 Å². The van der Waals surface area contributed by atoms with Crippen molar-refractivity contribution >= 4 is 27.5 Å². The smallest absolute Gasteiger partial charge is 0.134 e. The van der Waals surface area contributed by atoms with Crippen LogP contribution in [0.15, 0.2) is 40.9 Å². The van der Waals surface area contributed by atoms with Gasteiger partial charge in [-0.2, -0.15) is 0 Å². The number of hydrogen-bond donors (Lipinski definition) is 0. The molecule has 0 heterocycles. The fourth-order valence-corrected chi connectivity index (χ4v) is 2.26. The standard InChI is InChI=1S/C15H14BrClO3/c1-18-12-6-13(19-2)8-14(7-12)20-15-5-11(16)4-3-10(15)9-17/h3-8H,9H2,1-2H3. The molecule has 2 rings (SSSR count). The molecule has 106 valence electrons. The van der Waals surface area contributed by atoms with Crippen molar-refractivity contribution in [1.29, 1.82) is 0 Å². The molecule has 3 nitrogen and oxygen atoms in total. The van der Waals surface area contributed by atoms with Gasteiger partial charge >= 0.3 is 0 Å². The first kappa shape index (κ1) is 15.0.